The zero-order chi connectivity index (χ0) is 15.1. The van der Waals surface area contributed by atoms with Gasteiger partial charge in [0.1, 0.15) is 0 Å². The first-order valence-corrected chi connectivity index (χ1v) is 7.54. The highest BCUT2D eigenvalue weighted by Gasteiger charge is 2.19. The van der Waals surface area contributed by atoms with E-state index in [0.717, 1.165) is 25.0 Å². The Morgan fingerprint density at radius 1 is 1.35 bits per heavy atom. The predicted molar refractivity (Wildman–Crippen MR) is 79.8 cm³/mol. The Labute approximate surface area is 121 Å². The van der Waals surface area contributed by atoms with Crippen LogP contribution in [0.2, 0.25) is 0 Å². The molecule has 1 atom stereocenters. The molecule has 0 saturated heterocycles. The number of hydrogen-bond acceptors (Lipinski definition) is 3. The Balaban J connectivity index is 2.84. The van der Waals surface area contributed by atoms with Crippen LogP contribution in [0.1, 0.15) is 68.5 Å². The standard InChI is InChI=1S/C15H27N3O2/c1-5-12(8-9-19)17-15(20)14-10-16-18(11(14)4)13(6-2)7-3/h10,12-13,19H,5-9H2,1-4H3,(H,17,20). The molecule has 0 aliphatic carbocycles. The Kier molecular flexibility index (Phi) is 6.71. The fraction of sp³-hybridized carbons (Fsp3) is 0.733. The summed E-state index contributed by atoms with van der Waals surface area (Å²) in [4.78, 5) is 12.3. The molecule has 0 bridgehead atoms. The maximum absolute atomic E-state index is 12.3. The highest BCUT2D eigenvalue weighted by atomic mass is 16.3. The molecule has 1 amide bonds. The second-order valence-electron chi connectivity index (χ2n) is 5.15. The van der Waals surface area contributed by atoms with E-state index >= 15 is 0 Å². The molecular weight excluding hydrogens is 254 g/mol. The lowest BCUT2D eigenvalue weighted by molar-refractivity contribution is 0.0928. The summed E-state index contributed by atoms with van der Waals surface area (Å²) < 4.78 is 1.95. The van der Waals surface area contributed by atoms with Crippen molar-refractivity contribution in [2.45, 2.75) is 65.5 Å². The van der Waals surface area contributed by atoms with E-state index in [0.29, 0.717) is 18.0 Å². The van der Waals surface area contributed by atoms with E-state index in [1.165, 1.54) is 0 Å². The number of aliphatic hydroxyl groups excluding tert-OH is 1. The van der Waals surface area contributed by atoms with Crippen LogP contribution in [0.5, 0.6) is 0 Å². The quantitative estimate of drug-likeness (QED) is 0.769. The minimum absolute atomic E-state index is 0.0170. The maximum atomic E-state index is 12.3. The van der Waals surface area contributed by atoms with E-state index in [9.17, 15) is 4.79 Å². The molecule has 0 aliphatic rings. The van der Waals surface area contributed by atoms with E-state index in [1.807, 2.05) is 18.5 Å². The SMILES string of the molecule is CCC(CCO)NC(=O)c1cnn(C(CC)CC)c1C. The largest absolute Gasteiger partial charge is 0.396 e. The molecule has 20 heavy (non-hydrogen) atoms. The lowest BCUT2D eigenvalue weighted by atomic mass is 10.1. The van der Waals surface area contributed by atoms with Crippen molar-refractivity contribution in [3.63, 3.8) is 0 Å². The summed E-state index contributed by atoms with van der Waals surface area (Å²) in [7, 11) is 0. The van der Waals surface area contributed by atoms with Crippen molar-refractivity contribution in [2.24, 2.45) is 0 Å². The average Bonchev–Trinajstić information content (AvgIpc) is 2.82. The fourth-order valence-electron chi connectivity index (χ4n) is 2.45. The Morgan fingerprint density at radius 2 is 2.00 bits per heavy atom. The number of aromatic nitrogens is 2. The Bertz CT molecular complexity index is 425. The van der Waals surface area contributed by atoms with Crippen LogP contribution < -0.4 is 5.32 Å². The maximum Gasteiger partial charge on any atom is 0.254 e. The number of rotatable bonds is 8. The zero-order valence-corrected chi connectivity index (χ0v) is 13.0. The van der Waals surface area contributed by atoms with Crippen molar-refractivity contribution < 1.29 is 9.90 Å². The van der Waals surface area contributed by atoms with Gasteiger partial charge in [-0.15, -0.1) is 0 Å². The number of carbonyl (C=O) groups excluding carboxylic acids is 1. The summed E-state index contributed by atoms with van der Waals surface area (Å²) in [5, 5.41) is 16.3. The normalized spacial score (nSPS) is 12.7. The van der Waals surface area contributed by atoms with Gasteiger partial charge >= 0.3 is 0 Å². The molecular formula is C15H27N3O2. The molecule has 1 unspecified atom stereocenters. The van der Waals surface area contributed by atoms with Crippen LogP contribution in [0.15, 0.2) is 6.20 Å². The monoisotopic (exact) mass is 281 g/mol. The lowest BCUT2D eigenvalue weighted by Gasteiger charge is -2.17. The first-order chi connectivity index (χ1) is 9.58. The van der Waals surface area contributed by atoms with Gasteiger partial charge in [0.25, 0.3) is 5.91 Å². The number of aliphatic hydroxyl groups is 1. The fourth-order valence-corrected chi connectivity index (χ4v) is 2.45. The Morgan fingerprint density at radius 3 is 2.50 bits per heavy atom. The minimum atomic E-state index is -0.0972. The molecule has 5 nitrogen and oxygen atoms in total. The first-order valence-electron chi connectivity index (χ1n) is 7.54. The summed E-state index contributed by atoms with van der Waals surface area (Å²) in [6.45, 7) is 8.28. The van der Waals surface area contributed by atoms with Crippen LogP contribution in [0.4, 0.5) is 0 Å². The smallest absolute Gasteiger partial charge is 0.254 e. The number of nitrogens with zero attached hydrogens (tertiary/aromatic N) is 2. The number of amides is 1. The minimum Gasteiger partial charge on any atom is -0.396 e. The third kappa shape index (κ3) is 3.82. The van der Waals surface area contributed by atoms with Crippen LogP contribution in [0.3, 0.4) is 0 Å². The average molecular weight is 281 g/mol. The third-order valence-corrected chi connectivity index (χ3v) is 3.88. The second-order valence-corrected chi connectivity index (χ2v) is 5.15. The van der Waals surface area contributed by atoms with E-state index in [1.54, 1.807) is 6.20 Å². The molecule has 1 rings (SSSR count). The van der Waals surface area contributed by atoms with E-state index < -0.39 is 0 Å². The molecule has 2 N–H and O–H groups in total. The molecule has 1 heterocycles. The van der Waals surface area contributed by atoms with E-state index in [2.05, 4.69) is 24.3 Å². The molecule has 5 heteroatoms. The van der Waals surface area contributed by atoms with Crippen LogP contribution >= 0.6 is 0 Å². The summed E-state index contributed by atoms with van der Waals surface area (Å²) in [5.41, 5.74) is 1.54. The molecule has 0 spiro atoms. The topological polar surface area (TPSA) is 67.2 Å². The lowest BCUT2D eigenvalue weighted by Crippen LogP contribution is -2.35. The van der Waals surface area contributed by atoms with Gasteiger partial charge in [0.2, 0.25) is 0 Å². The van der Waals surface area contributed by atoms with Crippen molar-refractivity contribution in [1.29, 1.82) is 0 Å². The van der Waals surface area contributed by atoms with Gasteiger partial charge < -0.3 is 10.4 Å². The second kappa shape index (κ2) is 8.04. The van der Waals surface area contributed by atoms with Gasteiger partial charge in [-0.3, -0.25) is 9.48 Å². The van der Waals surface area contributed by atoms with Crippen LogP contribution in [0.25, 0.3) is 0 Å². The summed E-state index contributed by atoms with van der Waals surface area (Å²) in [6, 6.07) is 0.361. The molecule has 0 aromatic carbocycles. The van der Waals surface area contributed by atoms with Gasteiger partial charge in [-0.25, -0.2) is 0 Å². The van der Waals surface area contributed by atoms with Crippen LogP contribution in [-0.2, 0) is 0 Å². The molecule has 1 aromatic rings. The van der Waals surface area contributed by atoms with Gasteiger partial charge in [0, 0.05) is 18.3 Å². The molecule has 0 fully saturated rings. The molecule has 0 radical (unpaired) electrons. The van der Waals surface area contributed by atoms with Crippen molar-refractivity contribution in [3.8, 4) is 0 Å². The van der Waals surface area contributed by atoms with Gasteiger partial charge in [0.05, 0.1) is 17.8 Å². The molecule has 114 valence electrons. The van der Waals surface area contributed by atoms with Crippen LogP contribution in [-0.4, -0.2) is 33.4 Å². The summed E-state index contributed by atoms with van der Waals surface area (Å²) in [5.74, 6) is -0.0972. The van der Waals surface area contributed by atoms with Crippen molar-refractivity contribution >= 4 is 5.91 Å². The molecule has 0 saturated carbocycles. The van der Waals surface area contributed by atoms with Gasteiger partial charge in [-0.2, -0.15) is 5.10 Å². The molecule has 1 aromatic heterocycles. The number of hydrogen-bond donors (Lipinski definition) is 2. The number of nitrogens with one attached hydrogen (secondary N) is 1. The third-order valence-electron chi connectivity index (χ3n) is 3.88. The van der Waals surface area contributed by atoms with E-state index in [4.69, 9.17) is 5.11 Å². The highest BCUT2D eigenvalue weighted by Crippen LogP contribution is 2.19. The van der Waals surface area contributed by atoms with Crippen molar-refractivity contribution in [1.82, 2.24) is 15.1 Å². The van der Waals surface area contributed by atoms with Gasteiger partial charge in [-0.05, 0) is 32.6 Å². The number of carbonyl (C=O) groups is 1. The van der Waals surface area contributed by atoms with E-state index in [-0.39, 0.29) is 18.6 Å². The van der Waals surface area contributed by atoms with Crippen molar-refractivity contribution in [3.05, 3.63) is 17.5 Å². The molecule has 0 aliphatic heterocycles. The predicted octanol–water partition coefficient (Wildman–Crippen LogP) is 2.44. The van der Waals surface area contributed by atoms with Gasteiger partial charge in [0.15, 0.2) is 0 Å². The summed E-state index contributed by atoms with van der Waals surface area (Å²) >= 11 is 0. The highest BCUT2D eigenvalue weighted by molar-refractivity contribution is 5.95. The van der Waals surface area contributed by atoms with Gasteiger partial charge in [-0.1, -0.05) is 20.8 Å². The Hall–Kier alpha value is -1.36. The summed E-state index contributed by atoms with van der Waals surface area (Å²) in [6.07, 6.45) is 5.05. The zero-order valence-electron chi connectivity index (χ0n) is 13.0. The van der Waals surface area contributed by atoms with Crippen molar-refractivity contribution in [2.75, 3.05) is 6.61 Å². The van der Waals surface area contributed by atoms with Crippen LogP contribution in [0, 0.1) is 6.92 Å². The first kappa shape index (κ1) is 16.7.